The number of hydrogen-bond acceptors (Lipinski definition) is 5. The van der Waals surface area contributed by atoms with E-state index in [1.807, 2.05) is 30.3 Å². The Kier molecular flexibility index (Phi) is 7.88. The molecule has 0 bridgehead atoms. The van der Waals surface area contributed by atoms with Gasteiger partial charge in [0.1, 0.15) is 30.5 Å². The third-order valence-corrected chi connectivity index (χ3v) is 5.70. The van der Waals surface area contributed by atoms with Crippen molar-refractivity contribution in [1.82, 2.24) is 9.88 Å². The van der Waals surface area contributed by atoms with Gasteiger partial charge in [-0.25, -0.2) is 18.6 Å². The third-order valence-electron chi connectivity index (χ3n) is 5.70. The molecule has 6 nitrogen and oxygen atoms in total. The molecule has 0 atom stereocenters. The first-order valence-electron chi connectivity index (χ1n) is 11.2. The van der Waals surface area contributed by atoms with Crippen LogP contribution in [-0.2, 0) is 22.7 Å². The fraction of sp³-hybridized carbons (Fsp3) is 0.360. The minimum Gasteiger partial charge on any atom is -0.445 e. The number of carbonyl (C=O) groups excluding carboxylic acids is 1. The quantitative estimate of drug-likeness (QED) is 0.354. The van der Waals surface area contributed by atoms with Crippen molar-refractivity contribution < 1.29 is 40.6 Å². The van der Waals surface area contributed by atoms with E-state index in [9.17, 15) is 26.7 Å². The number of amides is 1. The summed E-state index contributed by atoms with van der Waals surface area (Å²) in [6.07, 6.45) is -4.10. The van der Waals surface area contributed by atoms with Gasteiger partial charge in [-0.1, -0.05) is 30.3 Å². The zero-order valence-electron chi connectivity index (χ0n) is 19.1. The zero-order valence-corrected chi connectivity index (χ0v) is 19.1. The van der Waals surface area contributed by atoms with Crippen LogP contribution in [0.3, 0.4) is 0 Å². The second-order valence-corrected chi connectivity index (χ2v) is 8.36. The Hall–Kier alpha value is -3.47. The molecule has 2 aromatic carbocycles. The van der Waals surface area contributed by atoms with Gasteiger partial charge in [-0.2, -0.15) is 13.2 Å². The average Bonchev–Trinajstić information content (AvgIpc) is 3.26. The number of ether oxygens (including phenoxy) is 2. The minimum absolute atomic E-state index is 0.0236. The van der Waals surface area contributed by atoms with Crippen LogP contribution in [0.25, 0.3) is 11.3 Å². The molecule has 36 heavy (non-hydrogen) atoms. The van der Waals surface area contributed by atoms with Gasteiger partial charge in [-0.3, -0.25) is 0 Å². The fourth-order valence-electron chi connectivity index (χ4n) is 3.91. The Balaban J connectivity index is 1.43. The smallest absolute Gasteiger partial charge is 0.411 e. The summed E-state index contributed by atoms with van der Waals surface area (Å²) in [6, 6.07) is 12.0. The second-order valence-electron chi connectivity index (χ2n) is 8.36. The van der Waals surface area contributed by atoms with Crippen molar-refractivity contribution in [3.8, 4) is 11.3 Å². The Morgan fingerprint density at radius 3 is 2.44 bits per heavy atom. The number of alkyl halides is 3. The predicted octanol–water partition coefficient (Wildman–Crippen LogP) is 6.21. The topological polar surface area (TPSA) is 64.8 Å². The average molecular weight is 510 g/mol. The van der Waals surface area contributed by atoms with Gasteiger partial charge >= 0.3 is 12.3 Å². The molecule has 4 rings (SSSR count). The number of hydrogen-bond donors (Lipinski definition) is 0. The molecule has 0 N–H and O–H groups in total. The number of rotatable bonds is 7. The summed E-state index contributed by atoms with van der Waals surface area (Å²) in [5.41, 5.74) is 0.702. The summed E-state index contributed by atoms with van der Waals surface area (Å²) in [5, 5.41) is 0. The summed E-state index contributed by atoms with van der Waals surface area (Å²) >= 11 is 0. The summed E-state index contributed by atoms with van der Waals surface area (Å²) in [4.78, 5) is 18.2. The molecular formula is C25H23F5N2O4. The monoisotopic (exact) mass is 510 g/mol. The van der Waals surface area contributed by atoms with Gasteiger partial charge in [-0.15, -0.1) is 0 Å². The molecule has 0 saturated carbocycles. The molecule has 1 saturated heterocycles. The first kappa shape index (κ1) is 25.6. The molecule has 0 unspecified atom stereocenters. The van der Waals surface area contributed by atoms with Gasteiger partial charge < -0.3 is 18.8 Å². The van der Waals surface area contributed by atoms with Gasteiger partial charge in [0.05, 0.1) is 12.2 Å². The van der Waals surface area contributed by atoms with Crippen molar-refractivity contribution in [1.29, 1.82) is 0 Å². The van der Waals surface area contributed by atoms with Gasteiger partial charge in [-0.05, 0) is 30.5 Å². The van der Waals surface area contributed by atoms with Crippen LogP contribution in [0, 0.1) is 11.6 Å². The second kappa shape index (κ2) is 11.1. The van der Waals surface area contributed by atoms with E-state index in [1.165, 1.54) is 0 Å². The maximum atomic E-state index is 14.4. The number of benzene rings is 2. The highest BCUT2D eigenvalue weighted by molar-refractivity contribution is 5.67. The van der Waals surface area contributed by atoms with Gasteiger partial charge in [0, 0.05) is 25.1 Å². The van der Waals surface area contributed by atoms with E-state index in [2.05, 4.69) is 4.98 Å². The Labute approximate surface area is 203 Å². The Morgan fingerprint density at radius 1 is 1.06 bits per heavy atom. The van der Waals surface area contributed by atoms with Crippen molar-refractivity contribution in [3.63, 3.8) is 0 Å². The van der Waals surface area contributed by atoms with E-state index in [0.29, 0.717) is 32.0 Å². The molecule has 0 aliphatic carbocycles. The number of oxazole rings is 1. The maximum Gasteiger partial charge on any atom is 0.411 e. The van der Waals surface area contributed by atoms with E-state index < -0.39 is 37.1 Å². The Morgan fingerprint density at radius 2 is 1.78 bits per heavy atom. The van der Waals surface area contributed by atoms with Crippen LogP contribution >= 0.6 is 0 Å². The standard InChI is InChI=1S/C25H23F5N2O4/c26-18-6-7-19(20(27)12-18)22-21(14-34-15-25(28,29)30)31-23(36-22)17-8-10-32(11-9-17)24(33)35-13-16-4-2-1-3-5-16/h1-7,12,17H,8-11,13-15H2. The van der Waals surface area contributed by atoms with Crippen molar-refractivity contribution in [2.75, 3.05) is 19.7 Å². The molecule has 1 fully saturated rings. The van der Waals surface area contributed by atoms with Crippen molar-refractivity contribution in [2.24, 2.45) is 0 Å². The molecule has 1 aliphatic rings. The third kappa shape index (κ3) is 6.60. The van der Waals surface area contributed by atoms with Crippen LogP contribution in [0.1, 0.15) is 35.9 Å². The molecule has 192 valence electrons. The number of nitrogens with zero attached hydrogens (tertiary/aromatic N) is 2. The SMILES string of the molecule is O=C(OCc1ccccc1)N1CCC(c2nc(COCC(F)(F)F)c(-c3ccc(F)cc3F)o2)CC1. The van der Waals surface area contributed by atoms with Crippen LogP contribution < -0.4 is 0 Å². The van der Waals surface area contributed by atoms with E-state index in [0.717, 1.165) is 17.7 Å². The van der Waals surface area contributed by atoms with Crippen LogP contribution in [0.15, 0.2) is 52.9 Å². The molecule has 1 aromatic heterocycles. The molecule has 3 aromatic rings. The van der Waals surface area contributed by atoms with Crippen LogP contribution in [0.4, 0.5) is 26.7 Å². The first-order chi connectivity index (χ1) is 17.2. The highest BCUT2D eigenvalue weighted by atomic mass is 19.4. The van der Waals surface area contributed by atoms with Crippen LogP contribution in [-0.4, -0.2) is 41.8 Å². The lowest BCUT2D eigenvalue weighted by atomic mass is 9.97. The van der Waals surface area contributed by atoms with E-state index in [1.54, 1.807) is 4.90 Å². The highest BCUT2D eigenvalue weighted by Gasteiger charge is 2.31. The van der Waals surface area contributed by atoms with E-state index >= 15 is 0 Å². The van der Waals surface area contributed by atoms with Crippen molar-refractivity contribution in [2.45, 2.75) is 38.1 Å². The van der Waals surface area contributed by atoms with Crippen molar-refractivity contribution >= 4 is 6.09 Å². The lowest BCUT2D eigenvalue weighted by molar-refractivity contribution is -0.176. The summed E-state index contributed by atoms with van der Waals surface area (Å²) < 4.78 is 81.2. The zero-order chi connectivity index (χ0) is 25.7. The van der Waals surface area contributed by atoms with Gasteiger partial charge in [0.2, 0.25) is 0 Å². The summed E-state index contributed by atoms with van der Waals surface area (Å²) in [5.74, 6) is -1.93. The summed E-state index contributed by atoms with van der Waals surface area (Å²) in [6.45, 7) is -1.24. The highest BCUT2D eigenvalue weighted by Crippen LogP contribution is 2.35. The molecule has 0 radical (unpaired) electrons. The minimum atomic E-state index is -4.55. The lowest BCUT2D eigenvalue weighted by Gasteiger charge is -2.29. The van der Waals surface area contributed by atoms with Crippen LogP contribution in [0.5, 0.6) is 0 Å². The number of halogens is 5. The van der Waals surface area contributed by atoms with E-state index in [4.69, 9.17) is 13.9 Å². The number of piperidine rings is 1. The number of likely N-dealkylation sites (tertiary alicyclic amines) is 1. The fourth-order valence-corrected chi connectivity index (χ4v) is 3.91. The van der Waals surface area contributed by atoms with Crippen molar-refractivity contribution in [3.05, 3.63) is 77.3 Å². The first-order valence-corrected chi connectivity index (χ1v) is 11.2. The predicted molar refractivity (Wildman–Crippen MR) is 118 cm³/mol. The largest absolute Gasteiger partial charge is 0.445 e. The normalized spacial score (nSPS) is 14.8. The molecule has 1 aliphatic heterocycles. The lowest BCUT2D eigenvalue weighted by Crippen LogP contribution is -2.38. The number of aromatic nitrogens is 1. The van der Waals surface area contributed by atoms with E-state index in [-0.39, 0.29) is 35.4 Å². The molecule has 2 heterocycles. The Bertz CT molecular complexity index is 1170. The number of carbonyl (C=O) groups is 1. The molecule has 11 heteroatoms. The maximum absolute atomic E-state index is 14.4. The molecule has 0 spiro atoms. The van der Waals surface area contributed by atoms with Gasteiger partial charge in [0.25, 0.3) is 0 Å². The van der Waals surface area contributed by atoms with Crippen LogP contribution in [0.2, 0.25) is 0 Å². The van der Waals surface area contributed by atoms with Gasteiger partial charge in [0.15, 0.2) is 11.7 Å². The summed E-state index contributed by atoms with van der Waals surface area (Å²) in [7, 11) is 0. The molecular weight excluding hydrogens is 487 g/mol. The molecule has 1 amide bonds.